The Bertz CT molecular complexity index is 929. The summed E-state index contributed by atoms with van der Waals surface area (Å²) < 4.78 is 0. The van der Waals surface area contributed by atoms with Gasteiger partial charge >= 0.3 is 0 Å². The molecule has 126 valence electrons. The summed E-state index contributed by atoms with van der Waals surface area (Å²) in [6.07, 6.45) is 0. The number of nitrogens with one attached hydrogen (secondary N) is 2. The molecule has 0 atom stereocenters. The lowest BCUT2D eigenvalue weighted by Crippen LogP contribution is -2.41. The summed E-state index contributed by atoms with van der Waals surface area (Å²) in [6.45, 7) is 0. The van der Waals surface area contributed by atoms with Crippen LogP contribution in [0.2, 0.25) is 10.0 Å². The van der Waals surface area contributed by atoms with Gasteiger partial charge in [0.25, 0.3) is 11.8 Å². The topological polar surface area (TPSA) is 71.1 Å². The average molecular weight is 392 g/mol. The summed E-state index contributed by atoms with van der Waals surface area (Å²) in [5.41, 5.74) is 5.90. The average Bonchev–Trinajstić information content (AvgIpc) is 3.12. The Morgan fingerprint density at radius 2 is 1.68 bits per heavy atom. The largest absolute Gasteiger partial charge is 0.289 e. The second-order valence-electron chi connectivity index (χ2n) is 4.94. The minimum Gasteiger partial charge on any atom is -0.267 e. The van der Waals surface area contributed by atoms with Crippen LogP contribution < -0.4 is 10.9 Å². The van der Waals surface area contributed by atoms with Gasteiger partial charge in [0.05, 0.1) is 10.6 Å². The van der Waals surface area contributed by atoms with E-state index >= 15 is 0 Å². The van der Waals surface area contributed by atoms with Crippen LogP contribution in [0.4, 0.5) is 0 Å². The van der Waals surface area contributed by atoms with E-state index in [9.17, 15) is 9.59 Å². The van der Waals surface area contributed by atoms with E-state index in [0.717, 1.165) is 10.6 Å². The van der Waals surface area contributed by atoms with Crippen molar-refractivity contribution in [1.29, 1.82) is 0 Å². The van der Waals surface area contributed by atoms with Gasteiger partial charge in [-0.3, -0.25) is 20.4 Å². The first-order valence-electron chi connectivity index (χ1n) is 7.11. The summed E-state index contributed by atoms with van der Waals surface area (Å²) in [5.74, 6) is -1.09. The molecule has 25 heavy (non-hydrogen) atoms. The molecule has 5 nitrogen and oxygen atoms in total. The SMILES string of the molecule is O=C(NNC(=O)c1cc(Cl)ccc1Cl)c1csc(-c2ccccc2)n1. The lowest BCUT2D eigenvalue weighted by Gasteiger charge is -2.07. The van der Waals surface area contributed by atoms with E-state index in [-0.39, 0.29) is 16.3 Å². The maximum absolute atomic E-state index is 12.1. The summed E-state index contributed by atoms with van der Waals surface area (Å²) >= 11 is 13.1. The van der Waals surface area contributed by atoms with Crippen LogP contribution in [0, 0.1) is 0 Å². The number of hydrazine groups is 1. The number of amides is 2. The molecule has 1 aromatic heterocycles. The van der Waals surface area contributed by atoms with Crippen molar-refractivity contribution in [3.05, 3.63) is 75.2 Å². The lowest BCUT2D eigenvalue weighted by molar-refractivity contribution is 0.0844. The Labute approximate surface area is 157 Å². The van der Waals surface area contributed by atoms with Crippen molar-refractivity contribution in [2.24, 2.45) is 0 Å². The molecule has 0 unspecified atom stereocenters. The lowest BCUT2D eigenvalue weighted by atomic mass is 10.2. The van der Waals surface area contributed by atoms with Gasteiger partial charge in [-0.15, -0.1) is 11.3 Å². The summed E-state index contributed by atoms with van der Waals surface area (Å²) in [4.78, 5) is 28.5. The third-order valence-corrected chi connectivity index (χ3v) is 4.68. The molecule has 0 radical (unpaired) electrons. The molecular formula is C17H11Cl2N3O2S. The molecule has 0 bridgehead atoms. The van der Waals surface area contributed by atoms with Crippen LogP contribution in [0.3, 0.4) is 0 Å². The van der Waals surface area contributed by atoms with Crippen molar-refractivity contribution in [3.8, 4) is 10.6 Å². The van der Waals surface area contributed by atoms with Gasteiger partial charge in [0.1, 0.15) is 10.7 Å². The zero-order chi connectivity index (χ0) is 17.8. The van der Waals surface area contributed by atoms with Gasteiger partial charge in [-0.05, 0) is 18.2 Å². The van der Waals surface area contributed by atoms with Gasteiger partial charge in [0.2, 0.25) is 0 Å². The minimum atomic E-state index is -0.570. The van der Waals surface area contributed by atoms with Crippen LogP contribution in [0.15, 0.2) is 53.9 Å². The number of nitrogens with zero attached hydrogens (tertiary/aromatic N) is 1. The van der Waals surface area contributed by atoms with Gasteiger partial charge in [-0.25, -0.2) is 4.98 Å². The van der Waals surface area contributed by atoms with Gasteiger partial charge in [0, 0.05) is 16.0 Å². The first-order valence-corrected chi connectivity index (χ1v) is 8.75. The van der Waals surface area contributed by atoms with Crippen molar-refractivity contribution in [1.82, 2.24) is 15.8 Å². The van der Waals surface area contributed by atoms with Crippen molar-refractivity contribution >= 4 is 46.4 Å². The molecule has 0 saturated carbocycles. The van der Waals surface area contributed by atoms with Crippen LogP contribution in [-0.2, 0) is 0 Å². The first kappa shape index (κ1) is 17.4. The summed E-state index contributed by atoms with van der Waals surface area (Å²) in [6, 6.07) is 14.0. The number of hydrogen-bond acceptors (Lipinski definition) is 4. The van der Waals surface area contributed by atoms with E-state index in [2.05, 4.69) is 15.8 Å². The number of rotatable bonds is 3. The molecule has 0 aliphatic carbocycles. The molecule has 3 aromatic rings. The molecular weight excluding hydrogens is 381 g/mol. The van der Waals surface area contributed by atoms with E-state index in [1.807, 2.05) is 30.3 Å². The monoisotopic (exact) mass is 391 g/mol. The van der Waals surface area contributed by atoms with Crippen LogP contribution in [0.1, 0.15) is 20.8 Å². The Morgan fingerprint density at radius 1 is 0.960 bits per heavy atom. The Morgan fingerprint density at radius 3 is 2.44 bits per heavy atom. The number of hydrogen-bond donors (Lipinski definition) is 2. The number of aromatic nitrogens is 1. The second-order valence-corrected chi connectivity index (χ2v) is 6.64. The normalized spacial score (nSPS) is 10.3. The number of carbonyl (C=O) groups is 2. The fraction of sp³-hybridized carbons (Fsp3) is 0. The van der Waals surface area contributed by atoms with Crippen molar-refractivity contribution in [3.63, 3.8) is 0 Å². The zero-order valence-electron chi connectivity index (χ0n) is 12.6. The highest BCUT2D eigenvalue weighted by Gasteiger charge is 2.15. The van der Waals surface area contributed by atoms with E-state index in [0.29, 0.717) is 5.02 Å². The highest BCUT2D eigenvalue weighted by molar-refractivity contribution is 7.13. The molecule has 0 fully saturated rings. The molecule has 2 amide bonds. The molecule has 0 saturated heterocycles. The van der Waals surface area contributed by atoms with Gasteiger partial charge in [0.15, 0.2) is 0 Å². The highest BCUT2D eigenvalue weighted by Crippen LogP contribution is 2.23. The van der Waals surface area contributed by atoms with Crippen LogP contribution in [-0.4, -0.2) is 16.8 Å². The third-order valence-electron chi connectivity index (χ3n) is 3.22. The number of halogens is 2. The van der Waals surface area contributed by atoms with E-state index < -0.39 is 11.8 Å². The van der Waals surface area contributed by atoms with E-state index in [4.69, 9.17) is 23.2 Å². The number of benzene rings is 2. The fourth-order valence-corrected chi connectivity index (χ4v) is 3.19. The molecule has 0 aliphatic heterocycles. The van der Waals surface area contributed by atoms with Crippen LogP contribution in [0.25, 0.3) is 10.6 Å². The molecule has 2 N–H and O–H groups in total. The zero-order valence-corrected chi connectivity index (χ0v) is 15.0. The van der Waals surface area contributed by atoms with Crippen LogP contribution in [0.5, 0.6) is 0 Å². The van der Waals surface area contributed by atoms with Crippen molar-refractivity contribution in [2.45, 2.75) is 0 Å². The van der Waals surface area contributed by atoms with Gasteiger partial charge < -0.3 is 0 Å². The third kappa shape index (κ3) is 4.17. The molecule has 0 aliphatic rings. The fourth-order valence-electron chi connectivity index (χ4n) is 2.01. The molecule has 2 aromatic carbocycles. The predicted octanol–water partition coefficient (Wildman–Crippen LogP) is 4.19. The summed E-state index contributed by atoms with van der Waals surface area (Å²) in [7, 11) is 0. The quantitative estimate of drug-likeness (QED) is 0.657. The predicted molar refractivity (Wildman–Crippen MR) is 98.9 cm³/mol. The van der Waals surface area contributed by atoms with Gasteiger partial charge in [-0.2, -0.15) is 0 Å². The Hall–Kier alpha value is -2.41. The number of thiazole rings is 1. The maximum atomic E-state index is 12.1. The smallest absolute Gasteiger partial charge is 0.267 e. The van der Waals surface area contributed by atoms with E-state index in [1.165, 1.54) is 23.5 Å². The summed E-state index contributed by atoms with van der Waals surface area (Å²) in [5, 5.41) is 2.94. The molecule has 1 heterocycles. The van der Waals surface area contributed by atoms with Crippen molar-refractivity contribution in [2.75, 3.05) is 0 Å². The second kappa shape index (κ2) is 7.65. The van der Waals surface area contributed by atoms with E-state index in [1.54, 1.807) is 11.4 Å². The standard InChI is InChI=1S/C17H11Cl2N3O2S/c18-11-6-7-13(19)12(8-11)15(23)21-22-16(24)14-9-25-17(20-14)10-4-2-1-3-5-10/h1-9H,(H,21,23)(H,22,24). The first-order chi connectivity index (χ1) is 12.0. The van der Waals surface area contributed by atoms with Crippen LogP contribution >= 0.6 is 34.5 Å². The number of carbonyl (C=O) groups excluding carboxylic acids is 2. The Balaban J connectivity index is 1.66. The minimum absolute atomic E-state index is 0.165. The Kier molecular flexibility index (Phi) is 5.33. The molecule has 8 heteroatoms. The maximum Gasteiger partial charge on any atom is 0.289 e. The molecule has 3 rings (SSSR count). The van der Waals surface area contributed by atoms with Crippen molar-refractivity contribution < 1.29 is 9.59 Å². The highest BCUT2D eigenvalue weighted by atomic mass is 35.5. The van der Waals surface area contributed by atoms with Gasteiger partial charge in [-0.1, -0.05) is 53.5 Å². The molecule has 0 spiro atoms.